The summed E-state index contributed by atoms with van der Waals surface area (Å²) in [5.74, 6) is -3.55. The fourth-order valence-electron chi connectivity index (χ4n) is 2.70. The van der Waals surface area contributed by atoms with Crippen molar-refractivity contribution in [3.63, 3.8) is 0 Å². The standard InChI is InChI=1S/C14H16N2O6/c17-8-15-5-2-10-1-3-14(13(21)22,4-6-16-9-18)11(7-10)12(19)20/h1,11H,2-7H2,(H,19,20)(H,21,22). The SMILES string of the molecule is O=C=NCCC1=CCC(CCN=C=O)(C(=O)O)C(C(=O)O)C1. The molecule has 0 saturated carbocycles. The van der Waals surface area contributed by atoms with E-state index in [4.69, 9.17) is 0 Å². The van der Waals surface area contributed by atoms with Gasteiger partial charge in [-0.25, -0.2) is 19.6 Å². The first-order valence-corrected chi connectivity index (χ1v) is 6.69. The average molecular weight is 308 g/mol. The third-order valence-electron chi connectivity index (χ3n) is 3.96. The van der Waals surface area contributed by atoms with Crippen LogP contribution in [0.25, 0.3) is 0 Å². The number of carbonyl (C=O) groups excluding carboxylic acids is 2. The Balaban J connectivity index is 3.03. The molecule has 118 valence electrons. The minimum Gasteiger partial charge on any atom is -0.481 e. The molecule has 1 rings (SSSR count). The van der Waals surface area contributed by atoms with Crippen molar-refractivity contribution in [1.82, 2.24) is 0 Å². The molecule has 2 atom stereocenters. The van der Waals surface area contributed by atoms with E-state index in [1.54, 1.807) is 6.08 Å². The first kappa shape index (κ1) is 17.5. The lowest BCUT2D eigenvalue weighted by molar-refractivity contribution is -0.163. The highest BCUT2D eigenvalue weighted by molar-refractivity contribution is 5.84. The van der Waals surface area contributed by atoms with Gasteiger partial charge < -0.3 is 10.2 Å². The lowest BCUT2D eigenvalue weighted by Crippen LogP contribution is -2.45. The second-order valence-corrected chi connectivity index (χ2v) is 5.07. The monoisotopic (exact) mass is 308 g/mol. The Morgan fingerprint density at radius 1 is 1.23 bits per heavy atom. The van der Waals surface area contributed by atoms with E-state index in [0.717, 1.165) is 5.57 Å². The smallest absolute Gasteiger partial charge is 0.310 e. The molecular formula is C14H16N2O6. The minimum atomic E-state index is -1.50. The maximum absolute atomic E-state index is 11.6. The van der Waals surface area contributed by atoms with E-state index in [0.29, 0.717) is 6.42 Å². The Labute approximate surface area is 126 Å². The molecule has 0 heterocycles. The quantitative estimate of drug-likeness (QED) is 0.389. The molecule has 1 aliphatic carbocycles. The van der Waals surface area contributed by atoms with Gasteiger partial charge in [0, 0.05) is 0 Å². The fourth-order valence-corrected chi connectivity index (χ4v) is 2.70. The van der Waals surface area contributed by atoms with Crippen LogP contribution in [-0.4, -0.2) is 47.4 Å². The Kier molecular flexibility index (Phi) is 6.38. The van der Waals surface area contributed by atoms with E-state index in [1.807, 2.05) is 0 Å². The number of carbonyl (C=O) groups is 2. The summed E-state index contributed by atoms with van der Waals surface area (Å²) < 4.78 is 0. The number of isocyanates is 2. The van der Waals surface area contributed by atoms with Crippen molar-refractivity contribution >= 4 is 24.1 Å². The van der Waals surface area contributed by atoms with E-state index in [9.17, 15) is 29.4 Å². The van der Waals surface area contributed by atoms with Crippen LogP contribution in [0.2, 0.25) is 0 Å². The second kappa shape index (κ2) is 8.02. The summed E-state index contributed by atoms with van der Waals surface area (Å²) in [6.07, 6.45) is 4.84. The maximum atomic E-state index is 11.6. The van der Waals surface area contributed by atoms with E-state index in [-0.39, 0.29) is 32.4 Å². The van der Waals surface area contributed by atoms with E-state index in [1.165, 1.54) is 12.2 Å². The van der Waals surface area contributed by atoms with Gasteiger partial charge in [-0.1, -0.05) is 11.6 Å². The molecule has 0 spiro atoms. The summed E-state index contributed by atoms with van der Waals surface area (Å²) in [4.78, 5) is 50.0. The molecule has 22 heavy (non-hydrogen) atoms. The molecule has 8 nitrogen and oxygen atoms in total. The van der Waals surface area contributed by atoms with Crippen molar-refractivity contribution in [2.75, 3.05) is 13.1 Å². The van der Waals surface area contributed by atoms with Gasteiger partial charge in [0.15, 0.2) is 0 Å². The summed E-state index contributed by atoms with van der Waals surface area (Å²) in [5, 5.41) is 18.9. The summed E-state index contributed by atoms with van der Waals surface area (Å²) in [5.41, 5.74) is -0.744. The molecule has 0 aromatic carbocycles. The van der Waals surface area contributed by atoms with Crippen molar-refractivity contribution in [1.29, 1.82) is 0 Å². The molecule has 1 aliphatic rings. The summed E-state index contributed by atoms with van der Waals surface area (Å²) in [6, 6.07) is 0. The number of allylic oxidation sites excluding steroid dienone is 1. The average Bonchev–Trinajstić information content (AvgIpc) is 2.48. The lowest BCUT2D eigenvalue weighted by atomic mass is 9.64. The molecule has 0 aromatic rings. The first-order valence-electron chi connectivity index (χ1n) is 6.69. The largest absolute Gasteiger partial charge is 0.481 e. The number of hydrogen-bond donors (Lipinski definition) is 2. The van der Waals surface area contributed by atoms with Gasteiger partial charge in [-0.15, -0.1) is 0 Å². The zero-order valence-electron chi connectivity index (χ0n) is 11.8. The second-order valence-electron chi connectivity index (χ2n) is 5.07. The van der Waals surface area contributed by atoms with Gasteiger partial charge in [0.05, 0.1) is 24.4 Å². The van der Waals surface area contributed by atoms with Crippen LogP contribution < -0.4 is 0 Å². The molecule has 2 unspecified atom stereocenters. The topological polar surface area (TPSA) is 133 Å². The van der Waals surface area contributed by atoms with Gasteiger partial charge in [0.1, 0.15) is 0 Å². The van der Waals surface area contributed by atoms with Crippen LogP contribution >= 0.6 is 0 Å². The van der Waals surface area contributed by atoms with Crippen molar-refractivity contribution in [2.24, 2.45) is 21.3 Å². The summed E-state index contributed by atoms with van der Waals surface area (Å²) in [7, 11) is 0. The zero-order chi connectivity index (χ0) is 16.6. The third-order valence-corrected chi connectivity index (χ3v) is 3.96. The van der Waals surface area contributed by atoms with Crippen LogP contribution in [0.1, 0.15) is 25.7 Å². The van der Waals surface area contributed by atoms with Crippen LogP contribution in [0.4, 0.5) is 0 Å². The highest BCUT2D eigenvalue weighted by atomic mass is 16.4. The van der Waals surface area contributed by atoms with E-state index in [2.05, 4.69) is 9.98 Å². The Morgan fingerprint density at radius 2 is 1.86 bits per heavy atom. The van der Waals surface area contributed by atoms with Crippen molar-refractivity contribution < 1.29 is 29.4 Å². The number of carboxylic acid groups (broad SMARTS) is 2. The van der Waals surface area contributed by atoms with Crippen LogP contribution in [0.5, 0.6) is 0 Å². The minimum absolute atomic E-state index is 0.0355. The molecule has 0 bridgehead atoms. The van der Waals surface area contributed by atoms with E-state index >= 15 is 0 Å². The van der Waals surface area contributed by atoms with Gasteiger partial charge in [-0.2, -0.15) is 0 Å². The number of nitrogens with zero attached hydrogens (tertiary/aromatic N) is 2. The molecule has 2 N–H and O–H groups in total. The summed E-state index contributed by atoms with van der Waals surface area (Å²) >= 11 is 0. The lowest BCUT2D eigenvalue weighted by Gasteiger charge is -2.37. The van der Waals surface area contributed by atoms with Gasteiger partial charge >= 0.3 is 11.9 Å². The molecular weight excluding hydrogens is 292 g/mol. The molecule has 0 fully saturated rings. The number of carboxylic acids is 2. The predicted octanol–water partition coefficient (Wildman–Crippen LogP) is 0.930. The molecule has 0 saturated heterocycles. The van der Waals surface area contributed by atoms with Crippen molar-refractivity contribution in [3.05, 3.63) is 11.6 Å². The van der Waals surface area contributed by atoms with Crippen molar-refractivity contribution in [2.45, 2.75) is 25.7 Å². The van der Waals surface area contributed by atoms with Gasteiger partial charge in [0.2, 0.25) is 12.2 Å². The highest BCUT2D eigenvalue weighted by Gasteiger charge is 2.50. The van der Waals surface area contributed by atoms with Crippen LogP contribution in [0.15, 0.2) is 21.6 Å². The Morgan fingerprint density at radius 3 is 2.41 bits per heavy atom. The van der Waals surface area contributed by atoms with Gasteiger partial charge in [-0.3, -0.25) is 9.59 Å². The zero-order valence-corrected chi connectivity index (χ0v) is 11.8. The van der Waals surface area contributed by atoms with Crippen LogP contribution in [0.3, 0.4) is 0 Å². The number of aliphatic imine (C=N–C) groups is 2. The molecule has 0 aromatic heterocycles. The molecule has 8 heteroatoms. The normalized spacial score (nSPS) is 23.6. The first-order chi connectivity index (χ1) is 10.5. The molecule has 0 amide bonds. The van der Waals surface area contributed by atoms with E-state index < -0.39 is 23.3 Å². The number of rotatable bonds is 8. The van der Waals surface area contributed by atoms with Crippen molar-refractivity contribution in [3.8, 4) is 0 Å². The Bertz CT molecular complexity index is 572. The third kappa shape index (κ3) is 3.97. The fraction of sp³-hybridized carbons (Fsp3) is 0.571. The van der Waals surface area contributed by atoms with Gasteiger partial charge in [-0.05, 0) is 25.7 Å². The number of hydrogen-bond acceptors (Lipinski definition) is 6. The van der Waals surface area contributed by atoms with Gasteiger partial charge in [0.25, 0.3) is 0 Å². The molecule has 0 radical (unpaired) electrons. The van der Waals surface area contributed by atoms with Crippen LogP contribution in [0, 0.1) is 11.3 Å². The highest BCUT2D eigenvalue weighted by Crippen LogP contribution is 2.44. The summed E-state index contributed by atoms with van der Waals surface area (Å²) in [6.45, 7) is 0.107. The maximum Gasteiger partial charge on any atom is 0.310 e. The number of aliphatic carboxylic acids is 2. The molecule has 0 aliphatic heterocycles. The Hall–Kier alpha value is -2.56. The predicted molar refractivity (Wildman–Crippen MR) is 73.7 cm³/mol. The van der Waals surface area contributed by atoms with Crippen LogP contribution in [-0.2, 0) is 19.2 Å².